The van der Waals surface area contributed by atoms with Crippen LogP contribution in [0.5, 0.6) is 0 Å². The van der Waals surface area contributed by atoms with Crippen molar-refractivity contribution >= 4 is 18.4 Å². The lowest BCUT2D eigenvalue weighted by Gasteiger charge is -2.19. The average Bonchev–Trinajstić information content (AvgIpc) is 2.68. The van der Waals surface area contributed by atoms with Gasteiger partial charge in [0.1, 0.15) is 0 Å². The van der Waals surface area contributed by atoms with Crippen LogP contribution in [0.4, 0.5) is 0 Å². The number of rotatable bonds is 3. The van der Waals surface area contributed by atoms with Gasteiger partial charge in [0.25, 0.3) is 0 Å². The molecule has 2 aromatic rings. The maximum Gasteiger partial charge on any atom is 0.492 e. The van der Waals surface area contributed by atoms with Gasteiger partial charge in [0.2, 0.25) is 0 Å². The van der Waals surface area contributed by atoms with Crippen molar-refractivity contribution in [1.82, 2.24) is 0 Å². The lowest BCUT2D eigenvalue weighted by molar-refractivity contribution is 0.0991. The SMILES string of the molecule is Cc1cccc(C(=O)Cc2ccc3c(c2)B(O)OC3(C)C)c1. The Bertz CT molecular complexity index is 737. The van der Waals surface area contributed by atoms with Crippen LogP contribution in [0.25, 0.3) is 0 Å². The van der Waals surface area contributed by atoms with E-state index < -0.39 is 12.7 Å². The van der Waals surface area contributed by atoms with E-state index in [0.717, 1.165) is 27.7 Å². The van der Waals surface area contributed by atoms with Gasteiger partial charge in [-0.3, -0.25) is 4.79 Å². The molecule has 112 valence electrons. The highest BCUT2D eigenvalue weighted by Gasteiger charge is 2.40. The third-order valence-corrected chi connectivity index (χ3v) is 4.14. The summed E-state index contributed by atoms with van der Waals surface area (Å²) in [7, 11) is -0.918. The van der Waals surface area contributed by atoms with E-state index in [1.54, 1.807) is 0 Å². The zero-order valence-electron chi connectivity index (χ0n) is 13.1. The second-order valence-corrected chi connectivity index (χ2v) is 6.37. The quantitative estimate of drug-likeness (QED) is 0.698. The smallest absolute Gasteiger partial charge is 0.423 e. The van der Waals surface area contributed by atoms with Crippen molar-refractivity contribution < 1.29 is 14.5 Å². The van der Waals surface area contributed by atoms with E-state index in [1.807, 2.05) is 63.2 Å². The fraction of sp³-hybridized carbons (Fsp3) is 0.278. The van der Waals surface area contributed by atoms with Crippen LogP contribution in [-0.2, 0) is 16.7 Å². The van der Waals surface area contributed by atoms with Crippen LogP contribution in [0.3, 0.4) is 0 Å². The summed E-state index contributed by atoms with van der Waals surface area (Å²) >= 11 is 0. The average molecular weight is 294 g/mol. The first-order chi connectivity index (χ1) is 10.4. The van der Waals surface area contributed by atoms with Gasteiger partial charge in [0.15, 0.2) is 5.78 Å². The third-order valence-electron chi connectivity index (χ3n) is 4.14. The molecule has 22 heavy (non-hydrogen) atoms. The Hall–Kier alpha value is -1.91. The van der Waals surface area contributed by atoms with Crippen LogP contribution in [-0.4, -0.2) is 17.9 Å². The van der Waals surface area contributed by atoms with Crippen LogP contribution in [0.1, 0.15) is 40.9 Å². The molecule has 1 aliphatic rings. The number of hydrogen-bond donors (Lipinski definition) is 1. The van der Waals surface area contributed by atoms with Gasteiger partial charge in [0, 0.05) is 12.0 Å². The lowest BCUT2D eigenvalue weighted by atomic mass is 9.77. The highest BCUT2D eigenvalue weighted by Crippen LogP contribution is 2.30. The highest BCUT2D eigenvalue weighted by molar-refractivity contribution is 6.62. The molecular weight excluding hydrogens is 275 g/mol. The van der Waals surface area contributed by atoms with Crippen molar-refractivity contribution in [3.05, 3.63) is 64.7 Å². The molecular formula is C18H19BO3. The molecule has 1 N–H and O–H groups in total. The molecule has 0 radical (unpaired) electrons. The van der Waals surface area contributed by atoms with E-state index in [4.69, 9.17) is 4.65 Å². The summed E-state index contributed by atoms with van der Waals surface area (Å²) in [6, 6.07) is 13.4. The topological polar surface area (TPSA) is 46.5 Å². The summed E-state index contributed by atoms with van der Waals surface area (Å²) < 4.78 is 5.55. The van der Waals surface area contributed by atoms with E-state index in [1.165, 1.54) is 0 Å². The zero-order valence-corrected chi connectivity index (χ0v) is 13.1. The first-order valence-electron chi connectivity index (χ1n) is 7.46. The lowest BCUT2D eigenvalue weighted by Crippen LogP contribution is -2.29. The van der Waals surface area contributed by atoms with Crippen LogP contribution < -0.4 is 5.46 Å². The molecule has 0 spiro atoms. The first kappa shape index (κ1) is 15.0. The van der Waals surface area contributed by atoms with Gasteiger partial charge < -0.3 is 9.68 Å². The molecule has 3 nitrogen and oxygen atoms in total. The molecule has 0 unspecified atom stereocenters. The maximum absolute atomic E-state index is 12.4. The fourth-order valence-electron chi connectivity index (χ4n) is 2.99. The second-order valence-electron chi connectivity index (χ2n) is 6.37. The minimum absolute atomic E-state index is 0.0799. The monoisotopic (exact) mass is 294 g/mol. The predicted molar refractivity (Wildman–Crippen MR) is 87.4 cm³/mol. The van der Waals surface area contributed by atoms with Crippen molar-refractivity contribution in [2.45, 2.75) is 32.8 Å². The van der Waals surface area contributed by atoms with Crippen molar-refractivity contribution in [3.63, 3.8) is 0 Å². The Morgan fingerprint density at radius 3 is 2.73 bits per heavy atom. The summed E-state index contributed by atoms with van der Waals surface area (Å²) in [5, 5.41) is 10.0. The molecule has 1 heterocycles. The van der Waals surface area contributed by atoms with Gasteiger partial charge in [-0.25, -0.2) is 0 Å². The minimum Gasteiger partial charge on any atom is -0.423 e. The van der Waals surface area contributed by atoms with E-state index in [-0.39, 0.29) is 5.78 Å². The molecule has 0 amide bonds. The van der Waals surface area contributed by atoms with Gasteiger partial charge in [-0.15, -0.1) is 0 Å². The standard InChI is InChI=1S/C18H19BO3/c1-12-5-4-6-14(9-12)17(20)11-13-7-8-15-16(10-13)19(21)22-18(15,2)3/h4-10,21H,11H2,1-3H3. The Kier molecular flexibility index (Phi) is 3.67. The van der Waals surface area contributed by atoms with Crippen molar-refractivity contribution in [2.75, 3.05) is 0 Å². The number of Topliss-reactive ketones (excluding diaryl/α,β-unsaturated/α-hetero) is 1. The molecule has 0 atom stereocenters. The summed E-state index contributed by atoms with van der Waals surface area (Å²) in [5.41, 5.74) is 3.94. The summed E-state index contributed by atoms with van der Waals surface area (Å²) in [5.74, 6) is 0.0799. The fourth-order valence-corrected chi connectivity index (χ4v) is 2.99. The Balaban J connectivity index is 1.86. The Morgan fingerprint density at radius 1 is 1.23 bits per heavy atom. The van der Waals surface area contributed by atoms with Crippen molar-refractivity contribution in [3.8, 4) is 0 Å². The van der Waals surface area contributed by atoms with Crippen molar-refractivity contribution in [1.29, 1.82) is 0 Å². The molecule has 2 aromatic carbocycles. The minimum atomic E-state index is -0.918. The van der Waals surface area contributed by atoms with Gasteiger partial charge in [-0.2, -0.15) is 0 Å². The molecule has 0 fully saturated rings. The van der Waals surface area contributed by atoms with Crippen LogP contribution in [0, 0.1) is 6.92 Å². The highest BCUT2D eigenvalue weighted by atomic mass is 16.5. The maximum atomic E-state index is 12.4. The van der Waals surface area contributed by atoms with E-state index in [9.17, 15) is 9.82 Å². The molecule has 0 aromatic heterocycles. The van der Waals surface area contributed by atoms with Crippen LogP contribution in [0.2, 0.25) is 0 Å². The molecule has 1 aliphatic heterocycles. The summed E-state index contributed by atoms with van der Waals surface area (Å²) in [6.45, 7) is 5.83. The Labute approximate surface area is 131 Å². The predicted octanol–water partition coefficient (Wildman–Crippen LogP) is 2.37. The van der Waals surface area contributed by atoms with Crippen LogP contribution >= 0.6 is 0 Å². The van der Waals surface area contributed by atoms with Gasteiger partial charge in [-0.05, 0) is 43.4 Å². The summed E-state index contributed by atoms with van der Waals surface area (Å²) in [4.78, 5) is 12.4. The molecule has 0 saturated carbocycles. The van der Waals surface area contributed by atoms with Gasteiger partial charge in [-0.1, -0.05) is 42.0 Å². The van der Waals surface area contributed by atoms with Gasteiger partial charge >= 0.3 is 7.12 Å². The summed E-state index contributed by atoms with van der Waals surface area (Å²) in [6.07, 6.45) is 0.323. The molecule has 0 aliphatic carbocycles. The number of benzene rings is 2. The molecule has 3 rings (SSSR count). The number of fused-ring (bicyclic) bond motifs is 1. The first-order valence-corrected chi connectivity index (χ1v) is 7.46. The Morgan fingerprint density at radius 2 is 2.00 bits per heavy atom. The molecule has 0 bridgehead atoms. The van der Waals surface area contributed by atoms with E-state index in [0.29, 0.717) is 6.42 Å². The normalized spacial score (nSPS) is 15.7. The molecule has 0 saturated heterocycles. The third kappa shape index (κ3) is 2.72. The number of carbonyl (C=O) groups excluding carboxylic acids is 1. The largest absolute Gasteiger partial charge is 0.492 e. The second kappa shape index (κ2) is 5.38. The van der Waals surface area contributed by atoms with Gasteiger partial charge in [0.05, 0.1) is 5.60 Å². The number of hydrogen-bond acceptors (Lipinski definition) is 3. The van der Waals surface area contributed by atoms with E-state index in [2.05, 4.69) is 0 Å². The molecule has 4 heteroatoms. The van der Waals surface area contributed by atoms with Crippen LogP contribution in [0.15, 0.2) is 42.5 Å². The number of ketones is 1. The number of aryl methyl sites for hydroxylation is 1. The van der Waals surface area contributed by atoms with E-state index >= 15 is 0 Å². The zero-order chi connectivity index (χ0) is 15.9. The van der Waals surface area contributed by atoms with Crippen molar-refractivity contribution in [2.24, 2.45) is 0 Å². The number of carbonyl (C=O) groups is 1.